The Bertz CT molecular complexity index is 325. The average molecular weight is 190 g/mol. The van der Waals surface area contributed by atoms with Gasteiger partial charge in [0.1, 0.15) is 5.78 Å². The normalized spacial score (nSPS) is 17.8. The molecule has 0 aromatic heterocycles. The molecule has 0 heterocycles. The van der Waals surface area contributed by atoms with E-state index in [-0.39, 0.29) is 5.78 Å². The number of hydrogen-bond donors (Lipinski definition) is 1. The second-order valence-corrected chi connectivity index (χ2v) is 4.10. The Morgan fingerprint density at radius 1 is 1.29 bits per heavy atom. The molecule has 1 aromatic rings. The molecule has 1 aliphatic carbocycles. The van der Waals surface area contributed by atoms with Crippen molar-refractivity contribution in [2.24, 2.45) is 0 Å². The van der Waals surface area contributed by atoms with Crippen molar-refractivity contribution >= 4 is 5.78 Å². The van der Waals surface area contributed by atoms with Gasteiger partial charge in [0.25, 0.3) is 0 Å². The zero-order chi connectivity index (χ0) is 10.0. The zero-order valence-electron chi connectivity index (χ0n) is 8.07. The lowest BCUT2D eigenvalue weighted by molar-refractivity contribution is -0.120. The molecule has 0 atom stereocenters. The Morgan fingerprint density at radius 2 is 1.93 bits per heavy atom. The summed E-state index contributed by atoms with van der Waals surface area (Å²) < 4.78 is 0. The lowest BCUT2D eigenvalue weighted by Gasteiger charge is -2.05. The SMILES string of the molecule is O=C(Cc1ccccc1)CC1(O)CC1. The molecular formula is C12H14O2. The lowest BCUT2D eigenvalue weighted by Crippen LogP contribution is -2.15. The highest BCUT2D eigenvalue weighted by Crippen LogP contribution is 2.38. The minimum Gasteiger partial charge on any atom is -0.389 e. The van der Waals surface area contributed by atoms with Crippen LogP contribution in [-0.2, 0) is 11.2 Å². The number of Topliss-reactive ketones (excluding diaryl/α,β-unsaturated/α-hetero) is 1. The Kier molecular flexibility index (Phi) is 2.38. The summed E-state index contributed by atoms with van der Waals surface area (Å²) in [5, 5.41) is 9.56. The summed E-state index contributed by atoms with van der Waals surface area (Å²) in [6.07, 6.45) is 2.34. The largest absolute Gasteiger partial charge is 0.389 e. The van der Waals surface area contributed by atoms with E-state index in [4.69, 9.17) is 0 Å². The van der Waals surface area contributed by atoms with E-state index in [1.54, 1.807) is 0 Å². The average Bonchev–Trinajstić information content (AvgIpc) is 2.84. The maximum Gasteiger partial charge on any atom is 0.140 e. The van der Waals surface area contributed by atoms with Gasteiger partial charge >= 0.3 is 0 Å². The summed E-state index contributed by atoms with van der Waals surface area (Å²) in [7, 11) is 0. The third kappa shape index (κ3) is 2.42. The molecule has 14 heavy (non-hydrogen) atoms. The van der Waals surface area contributed by atoms with Gasteiger partial charge in [-0.05, 0) is 18.4 Å². The van der Waals surface area contributed by atoms with Crippen molar-refractivity contribution < 1.29 is 9.90 Å². The fourth-order valence-electron chi connectivity index (χ4n) is 1.57. The highest BCUT2D eigenvalue weighted by molar-refractivity contribution is 5.82. The molecule has 1 aromatic carbocycles. The molecule has 0 amide bonds. The molecule has 0 aliphatic heterocycles. The van der Waals surface area contributed by atoms with Gasteiger partial charge in [-0.25, -0.2) is 0 Å². The summed E-state index contributed by atoms with van der Waals surface area (Å²) in [5.74, 6) is 0.135. The highest BCUT2D eigenvalue weighted by Gasteiger charge is 2.41. The third-order valence-electron chi connectivity index (χ3n) is 2.60. The first-order valence-electron chi connectivity index (χ1n) is 4.96. The van der Waals surface area contributed by atoms with Crippen LogP contribution in [0.25, 0.3) is 0 Å². The van der Waals surface area contributed by atoms with Gasteiger partial charge < -0.3 is 5.11 Å². The zero-order valence-corrected chi connectivity index (χ0v) is 8.07. The Balaban J connectivity index is 1.89. The van der Waals surface area contributed by atoms with Crippen molar-refractivity contribution in [2.45, 2.75) is 31.3 Å². The maximum atomic E-state index is 11.5. The number of carbonyl (C=O) groups is 1. The van der Waals surface area contributed by atoms with Crippen LogP contribution in [0.15, 0.2) is 30.3 Å². The van der Waals surface area contributed by atoms with E-state index in [1.165, 1.54) is 0 Å². The summed E-state index contributed by atoms with van der Waals surface area (Å²) in [6.45, 7) is 0. The van der Waals surface area contributed by atoms with Crippen molar-refractivity contribution in [1.29, 1.82) is 0 Å². The molecule has 1 fully saturated rings. The number of benzene rings is 1. The van der Waals surface area contributed by atoms with Gasteiger partial charge in [0.2, 0.25) is 0 Å². The number of rotatable bonds is 4. The summed E-state index contributed by atoms with van der Waals surface area (Å²) in [4.78, 5) is 11.5. The van der Waals surface area contributed by atoms with Gasteiger partial charge in [0.15, 0.2) is 0 Å². The summed E-state index contributed by atoms with van der Waals surface area (Å²) in [6, 6.07) is 9.66. The van der Waals surface area contributed by atoms with Crippen LogP contribution in [0.4, 0.5) is 0 Å². The molecule has 0 spiro atoms. The molecular weight excluding hydrogens is 176 g/mol. The molecule has 74 valence electrons. The van der Waals surface area contributed by atoms with Crippen LogP contribution < -0.4 is 0 Å². The van der Waals surface area contributed by atoms with Gasteiger partial charge in [-0.1, -0.05) is 30.3 Å². The molecule has 1 aliphatic rings. The smallest absolute Gasteiger partial charge is 0.140 e. The fraction of sp³-hybridized carbons (Fsp3) is 0.417. The van der Waals surface area contributed by atoms with Crippen molar-refractivity contribution in [1.82, 2.24) is 0 Å². The van der Waals surface area contributed by atoms with Crippen molar-refractivity contribution in [2.75, 3.05) is 0 Å². The minimum absolute atomic E-state index is 0.135. The Morgan fingerprint density at radius 3 is 2.50 bits per heavy atom. The number of carbonyl (C=O) groups excluding carboxylic acids is 1. The van der Waals surface area contributed by atoms with Crippen LogP contribution in [0.3, 0.4) is 0 Å². The van der Waals surface area contributed by atoms with E-state index in [9.17, 15) is 9.90 Å². The van der Waals surface area contributed by atoms with Crippen LogP contribution in [0.5, 0.6) is 0 Å². The van der Waals surface area contributed by atoms with Gasteiger partial charge in [0, 0.05) is 12.8 Å². The monoisotopic (exact) mass is 190 g/mol. The summed E-state index contributed by atoms with van der Waals surface area (Å²) in [5.41, 5.74) is 0.382. The predicted molar refractivity (Wildman–Crippen MR) is 54.0 cm³/mol. The van der Waals surface area contributed by atoms with Gasteiger partial charge in [-0.3, -0.25) is 4.79 Å². The molecule has 0 unspecified atom stereocenters. The number of aliphatic hydroxyl groups is 1. The molecule has 2 nitrogen and oxygen atoms in total. The highest BCUT2D eigenvalue weighted by atomic mass is 16.3. The molecule has 1 N–H and O–H groups in total. The molecule has 1 saturated carbocycles. The Hall–Kier alpha value is -1.15. The van der Waals surface area contributed by atoms with Gasteiger partial charge in [-0.2, -0.15) is 0 Å². The second-order valence-electron chi connectivity index (χ2n) is 4.10. The molecule has 2 rings (SSSR count). The molecule has 0 bridgehead atoms. The topological polar surface area (TPSA) is 37.3 Å². The van der Waals surface area contributed by atoms with Crippen LogP contribution in [-0.4, -0.2) is 16.5 Å². The standard InChI is InChI=1S/C12H14O2/c13-11(9-12(14)6-7-12)8-10-4-2-1-3-5-10/h1-5,14H,6-9H2. The van der Waals surface area contributed by atoms with E-state index >= 15 is 0 Å². The lowest BCUT2D eigenvalue weighted by atomic mass is 10.0. The minimum atomic E-state index is -0.647. The quantitative estimate of drug-likeness (QED) is 0.784. The summed E-state index contributed by atoms with van der Waals surface area (Å²) >= 11 is 0. The van der Waals surface area contributed by atoms with Crippen LogP contribution >= 0.6 is 0 Å². The van der Waals surface area contributed by atoms with Crippen LogP contribution in [0, 0.1) is 0 Å². The first kappa shape index (κ1) is 9.41. The van der Waals surface area contributed by atoms with Crippen molar-refractivity contribution in [3.05, 3.63) is 35.9 Å². The second kappa shape index (κ2) is 3.54. The van der Waals surface area contributed by atoms with Gasteiger partial charge in [-0.15, -0.1) is 0 Å². The van der Waals surface area contributed by atoms with Crippen LogP contribution in [0.1, 0.15) is 24.8 Å². The Labute approximate surface area is 83.6 Å². The van der Waals surface area contributed by atoms with E-state index in [0.29, 0.717) is 12.8 Å². The van der Waals surface area contributed by atoms with E-state index in [2.05, 4.69) is 0 Å². The van der Waals surface area contributed by atoms with Gasteiger partial charge in [0.05, 0.1) is 5.60 Å². The fourth-order valence-corrected chi connectivity index (χ4v) is 1.57. The van der Waals surface area contributed by atoms with Crippen molar-refractivity contribution in [3.8, 4) is 0 Å². The molecule has 0 saturated heterocycles. The van der Waals surface area contributed by atoms with E-state index < -0.39 is 5.60 Å². The number of hydrogen-bond acceptors (Lipinski definition) is 2. The predicted octanol–water partition coefficient (Wildman–Crippen LogP) is 1.71. The van der Waals surface area contributed by atoms with E-state index in [0.717, 1.165) is 18.4 Å². The van der Waals surface area contributed by atoms with E-state index in [1.807, 2.05) is 30.3 Å². The molecule has 2 heteroatoms. The third-order valence-corrected chi connectivity index (χ3v) is 2.60. The first-order valence-corrected chi connectivity index (χ1v) is 4.96. The van der Waals surface area contributed by atoms with Crippen LogP contribution in [0.2, 0.25) is 0 Å². The van der Waals surface area contributed by atoms with Crippen molar-refractivity contribution in [3.63, 3.8) is 0 Å². The molecule has 0 radical (unpaired) electrons. The first-order chi connectivity index (χ1) is 6.68. The maximum absolute atomic E-state index is 11.5. The number of ketones is 1.